The molecule has 1 saturated carbocycles. The Morgan fingerprint density at radius 1 is 1.29 bits per heavy atom. The number of hydrogen-bond donors (Lipinski definition) is 2. The van der Waals surface area contributed by atoms with Crippen LogP contribution in [-0.2, 0) is 10.3 Å². The van der Waals surface area contributed by atoms with Crippen molar-refractivity contribution in [2.45, 2.75) is 51.2 Å². The van der Waals surface area contributed by atoms with Crippen LogP contribution in [0.15, 0.2) is 24.5 Å². The first kappa shape index (κ1) is 20.0. The Balaban J connectivity index is 1.63. The number of nitrogens with zero attached hydrogens (tertiary/aromatic N) is 5. The molecule has 2 aliphatic rings. The first-order valence-corrected chi connectivity index (χ1v) is 11.0. The molecule has 5 rings (SSSR count). The van der Waals surface area contributed by atoms with Gasteiger partial charge in [0, 0.05) is 30.1 Å². The minimum atomic E-state index is -0.920. The second kappa shape index (κ2) is 7.98. The van der Waals surface area contributed by atoms with Crippen molar-refractivity contribution in [3.63, 3.8) is 0 Å². The molecule has 0 aromatic carbocycles. The van der Waals surface area contributed by atoms with Crippen molar-refractivity contribution in [3.05, 3.63) is 30.1 Å². The van der Waals surface area contributed by atoms with Gasteiger partial charge in [0.15, 0.2) is 11.5 Å². The molecule has 2 fully saturated rings. The van der Waals surface area contributed by atoms with Crippen LogP contribution in [0, 0.1) is 17.8 Å². The predicted molar refractivity (Wildman–Crippen MR) is 118 cm³/mol. The van der Waals surface area contributed by atoms with E-state index in [0.717, 1.165) is 36.2 Å². The molecule has 1 aliphatic carbocycles. The van der Waals surface area contributed by atoms with Gasteiger partial charge in [-0.05, 0) is 51.2 Å². The van der Waals surface area contributed by atoms with Crippen LogP contribution >= 0.6 is 0 Å². The fraction of sp³-hybridized carbons (Fsp3) is 0.522. The molecular formula is C23H28N6O2. The van der Waals surface area contributed by atoms with Crippen molar-refractivity contribution < 1.29 is 9.84 Å². The van der Waals surface area contributed by atoms with E-state index in [1.54, 1.807) is 17.1 Å². The lowest BCUT2D eigenvalue weighted by Gasteiger charge is -2.37. The molecule has 8 nitrogen and oxygen atoms in total. The molecule has 3 aromatic heterocycles. The smallest absolute Gasteiger partial charge is 0.177 e. The lowest BCUT2D eigenvalue weighted by Crippen LogP contribution is -2.44. The molecular weight excluding hydrogens is 392 g/mol. The summed E-state index contributed by atoms with van der Waals surface area (Å²) < 4.78 is 7.36. The summed E-state index contributed by atoms with van der Waals surface area (Å²) in [6, 6.07) is 4.13. The van der Waals surface area contributed by atoms with Crippen LogP contribution in [-0.4, -0.2) is 55.9 Å². The summed E-state index contributed by atoms with van der Waals surface area (Å²) >= 11 is 0. The zero-order valence-corrected chi connectivity index (χ0v) is 18.0. The first-order chi connectivity index (χ1) is 15.1. The first-order valence-electron chi connectivity index (χ1n) is 11.0. The van der Waals surface area contributed by atoms with E-state index in [0.29, 0.717) is 43.4 Å². The monoisotopic (exact) mass is 420 g/mol. The highest BCUT2D eigenvalue weighted by Crippen LogP contribution is 2.43. The minimum absolute atomic E-state index is 0.207. The van der Waals surface area contributed by atoms with Crippen molar-refractivity contribution >= 4 is 16.9 Å². The maximum atomic E-state index is 11.8. The summed E-state index contributed by atoms with van der Waals surface area (Å²) in [4.78, 5) is 7.24. The number of anilines is 1. The van der Waals surface area contributed by atoms with Crippen molar-refractivity contribution in [2.75, 3.05) is 24.7 Å². The quantitative estimate of drug-likeness (QED) is 0.633. The van der Waals surface area contributed by atoms with E-state index in [2.05, 4.69) is 45.0 Å². The van der Waals surface area contributed by atoms with Crippen molar-refractivity contribution in [3.8, 4) is 17.7 Å². The van der Waals surface area contributed by atoms with Crippen LogP contribution < -0.4 is 4.90 Å². The fourth-order valence-electron chi connectivity index (χ4n) is 4.84. The van der Waals surface area contributed by atoms with Crippen molar-refractivity contribution in [1.82, 2.24) is 25.0 Å². The maximum Gasteiger partial charge on any atom is 0.177 e. The number of aromatic nitrogens is 5. The normalized spacial score (nSPS) is 26.6. The number of fused-ring (bicyclic) bond motifs is 1. The van der Waals surface area contributed by atoms with E-state index >= 15 is 0 Å². The van der Waals surface area contributed by atoms with Gasteiger partial charge in [0.2, 0.25) is 0 Å². The summed E-state index contributed by atoms with van der Waals surface area (Å²) in [5, 5.41) is 24.3. The summed E-state index contributed by atoms with van der Waals surface area (Å²) in [6.45, 7) is 6.11. The number of morpholine rings is 1. The van der Waals surface area contributed by atoms with E-state index in [1.807, 2.05) is 13.0 Å². The molecule has 4 heterocycles. The number of hydrogen-bond acceptors (Lipinski definition) is 6. The number of ether oxygens (including phenoxy) is 1. The third kappa shape index (κ3) is 3.58. The lowest BCUT2D eigenvalue weighted by molar-refractivity contribution is -0.00662. The lowest BCUT2D eigenvalue weighted by atomic mass is 9.75. The third-order valence-electron chi connectivity index (χ3n) is 6.56. The third-order valence-corrected chi connectivity index (χ3v) is 6.56. The van der Waals surface area contributed by atoms with Gasteiger partial charge in [-0.2, -0.15) is 14.9 Å². The maximum absolute atomic E-state index is 11.8. The molecule has 0 unspecified atom stereocenters. The fourth-order valence-corrected chi connectivity index (χ4v) is 4.84. The predicted octanol–water partition coefficient (Wildman–Crippen LogP) is 2.77. The van der Waals surface area contributed by atoms with E-state index in [4.69, 9.17) is 9.72 Å². The Labute approximate surface area is 181 Å². The molecule has 162 valence electrons. The molecule has 1 saturated heterocycles. The van der Waals surface area contributed by atoms with Crippen LogP contribution in [0.2, 0.25) is 0 Å². The van der Waals surface area contributed by atoms with E-state index in [-0.39, 0.29) is 6.04 Å². The van der Waals surface area contributed by atoms with Gasteiger partial charge in [-0.1, -0.05) is 0 Å². The van der Waals surface area contributed by atoms with Gasteiger partial charge in [-0.25, -0.2) is 4.98 Å². The number of rotatable bonds is 3. The second-order valence-corrected chi connectivity index (χ2v) is 8.57. The standard InChI is InChI=1S/C23H28N6O2/c1-3-4-17-5-8-23(30,9-6-17)19-13-21(28-11-12-31-15-16(28)2)26-22-18(19)14-25-29(22)20-7-10-24-27-20/h7,10,13-14,16-17,30H,5-6,8-9,11-12,15H2,1-2H3,(H,24,27)/t16-,17?,23?/m1/s1. The van der Waals surface area contributed by atoms with Crippen LogP contribution in [0.4, 0.5) is 5.82 Å². The number of H-pyrrole nitrogens is 1. The van der Waals surface area contributed by atoms with E-state index in [9.17, 15) is 5.11 Å². The SMILES string of the molecule is CC#CC1CCC(O)(c2cc(N3CCOC[C@H]3C)nc3c2cnn3-c2cc[nH]n2)CC1. The number of aliphatic hydroxyl groups is 1. The summed E-state index contributed by atoms with van der Waals surface area (Å²) in [5.74, 6) is 8.18. The average molecular weight is 421 g/mol. The summed E-state index contributed by atoms with van der Waals surface area (Å²) in [6.07, 6.45) is 6.69. The Kier molecular flexibility index (Phi) is 5.16. The number of nitrogens with one attached hydrogen (secondary N) is 1. The molecule has 31 heavy (non-hydrogen) atoms. The molecule has 0 spiro atoms. The Bertz CT molecular complexity index is 1120. The van der Waals surface area contributed by atoms with Crippen LogP contribution in [0.1, 0.15) is 45.1 Å². The van der Waals surface area contributed by atoms with Gasteiger partial charge in [-0.15, -0.1) is 11.8 Å². The van der Waals surface area contributed by atoms with Gasteiger partial charge >= 0.3 is 0 Å². The molecule has 2 N–H and O–H groups in total. The topological polar surface area (TPSA) is 92.1 Å². The molecule has 0 bridgehead atoms. The molecule has 0 radical (unpaired) electrons. The largest absolute Gasteiger partial charge is 0.385 e. The molecule has 1 aliphatic heterocycles. The second-order valence-electron chi connectivity index (χ2n) is 8.57. The Hall–Kier alpha value is -2.89. The highest BCUT2D eigenvalue weighted by Gasteiger charge is 2.37. The zero-order chi connectivity index (χ0) is 21.4. The Morgan fingerprint density at radius 2 is 2.13 bits per heavy atom. The van der Waals surface area contributed by atoms with Gasteiger partial charge < -0.3 is 14.7 Å². The summed E-state index contributed by atoms with van der Waals surface area (Å²) in [7, 11) is 0. The van der Waals surface area contributed by atoms with Crippen LogP contribution in [0.3, 0.4) is 0 Å². The average Bonchev–Trinajstić information content (AvgIpc) is 3.45. The molecule has 0 amide bonds. The van der Waals surface area contributed by atoms with Crippen LogP contribution in [0.5, 0.6) is 0 Å². The van der Waals surface area contributed by atoms with Gasteiger partial charge in [0.05, 0.1) is 31.1 Å². The van der Waals surface area contributed by atoms with Gasteiger partial charge in [-0.3, -0.25) is 5.10 Å². The minimum Gasteiger partial charge on any atom is -0.385 e. The Morgan fingerprint density at radius 3 is 2.84 bits per heavy atom. The zero-order valence-electron chi connectivity index (χ0n) is 18.0. The number of aromatic amines is 1. The van der Waals surface area contributed by atoms with Gasteiger partial charge in [0.1, 0.15) is 5.82 Å². The molecule has 8 heteroatoms. The highest BCUT2D eigenvalue weighted by atomic mass is 16.5. The van der Waals surface area contributed by atoms with E-state index < -0.39 is 5.60 Å². The number of pyridine rings is 1. The van der Waals surface area contributed by atoms with E-state index in [1.165, 1.54) is 0 Å². The molecule has 3 aromatic rings. The van der Waals surface area contributed by atoms with Crippen molar-refractivity contribution in [1.29, 1.82) is 0 Å². The molecule has 1 atom stereocenters. The highest BCUT2D eigenvalue weighted by molar-refractivity contribution is 5.83. The summed E-state index contributed by atoms with van der Waals surface area (Å²) in [5.41, 5.74) is 0.690. The van der Waals surface area contributed by atoms with Crippen molar-refractivity contribution in [2.24, 2.45) is 5.92 Å². The van der Waals surface area contributed by atoms with Crippen LogP contribution in [0.25, 0.3) is 16.9 Å². The van der Waals surface area contributed by atoms with Gasteiger partial charge in [0.25, 0.3) is 0 Å².